The standard InChI is InChI=1S/C17H23O5P/c1-5-21-23(18,22-6-2)17(20-4)16-9-7-8-13-12-14(19-3)10-11-15(13)16/h7-12,17H,5-6H2,1-4H3. The van der Waals surface area contributed by atoms with E-state index in [4.69, 9.17) is 18.5 Å². The first-order chi connectivity index (χ1) is 11.1. The van der Waals surface area contributed by atoms with Crippen molar-refractivity contribution in [1.29, 1.82) is 0 Å². The third kappa shape index (κ3) is 3.75. The van der Waals surface area contributed by atoms with Gasteiger partial charge in [-0.05, 0) is 36.8 Å². The van der Waals surface area contributed by atoms with Crippen LogP contribution in [-0.4, -0.2) is 27.4 Å². The van der Waals surface area contributed by atoms with E-state index in [2.05, 4.69) is 0 Å². The van der Waals surface area contributed by atoms with Crippen molar-refractivity contribution < 1.29 is 23.1 Å². The van der Waals surface area contributed by atoms with Gasteiger partial charge in [0.15, 0.2) is 5.85 Å². The maximum Gasteiger partial charge on any atom is 0.363 e. The lowest BCUT2D eigenvalue weighted by Gasteiger charge is -2.26. The van der Waals surface area contributed by atoms with Crippen LogP contribution in [0.25, 0.3) is 10.8 Å². The molecule has 0 spiro atoms. The molecule has 0 bridgehead atoms. The van der Waals surface area contributed by atoms with Crippen molar-refractivity contribution in [2.45, 2.75) is 19.7 Å². The third-order valence-corrected chi connectivity index (χ3v) is 5.82. The van der Waals surface area contributed by atoms with Crippen molar-refractivity contribution in [3.63, 3.8) is 0 Å². The van der Waals surface area contributed by atoms with E-state index in [1.807, 2.05) is 36.4 Å². The highest BCUT2D eigenvalue weighted by atomic mass is 31.2. The minimum Gasteiger partial charge on any atom is -0.497 e. The highest BCUT2D eigenvalue weighted by Crippen LogP contribution is 2.62. The summed E-state index contributed by atoms with van der Waals surface area (Å²) in [6, 6.07) is 11.5. The summed E-state index contributed by atoms with van der Waals surface area (Å²) in [6.45, 7) is 4.14. The summed E-state index contributed by atoms with van der Waals surface area (Å²) in [6.07, 6.45) is 0. The zero-order valence-electron chi connectivity index (χ0n) is 13.9. The van der Waals surface area contributed by atoms with Gasteiger partial charge in [0, 0.05) is 12.7 Å². The van der Waals surface area contributed by atoms with Gasteiger partial charge >= 0.3 is 7.60 Å². The molecule has 0 fully saturated rings. The van der Waals surface area contributed by atoms with Gasteiger partial charge in [0.2, 0.25) is 0 Å². The monoisotopic (exact) mass is 338 g/mol. The minimum absolute atomic E-state index is 0.287. The molecule has 23 heavy (non-hydrogen) atoms. The molecule has 6 heteroatoms. The summed E-state index contributed by atoms with van der Waals surface area (Å²) in [5.74, 6) is -0.0130. The molecule has 1 unspecified atom stereocenters. The fourth-order valence-corrected chi connectivity index (χ4v) is 4.48. The molecule has 2 rings (SSSR count). The Morgan fingerprint density at radius 1 is 1.04 bits per heavy atom. The zero-order chi connectivity index (χ0) is 16.9. The molecule has 0 amide bonds. The average Bonchev–Trinajstić information content (AvgIpc) is 2.55. The first kappa shape index (κ1) is 18.0. The van der Waals surface area contributed by atoms with Gasteiger partial charge < -0.3 is 18.5 Å². The van der Waals surface area contributed by atoms with Gasteiger partial charge in [-0.3, -0.25) is 4.57 Å². The van der Waals surface area contributed by atoms with E-state index in [0.717, 1.165) is 22.1 Å². The molecule has 0 radical (unpaired) electrons. The van der Waals surface area contributed by atoms with Crippen molar-refractivity contribution in [3.05, 3.63) is 42.0 Å². The molecule has 2 aromatic rings. The maximum atomic E-state index is 13.1. The maximum absolute atomic E-state index is 13.1. The fraction of sp³-hybridized carbons (Fsp3) is 0.412. The SMILES string of the molecule is CCOP(=O)(OCC)C(OC)c1cccc2cc(OC)ccc12. The van der Waals surface area contributed by atoms with Crippen LogP contribution >= 0.6 is 7.60 Å². The Labute approximate surface area is 137 Å². The van der Waals surface area contributed by atoms with Crippen LogP contribution in [-0.2, 0) is 18.3 Å². The average molecular weight is 338 g/mol. The lowest BCUT2D eigenvalue weighted by Crippen LogP contribution is -2.09. The molecule has 5 nitrogen and oxygen atoms in total. The van der Waals surface area contributed by atoms with Gasteiger partial charge in [0.1, 0.15) is 5.75 Å². The highest BCUT2D eigenvalue weighted by Gasteiger charge is 2.38. The molecule has 0 heterocycles. The topological polar surface area (TPSA) is 54.0 Å². The molecular formula is C17H23O5P. The van der Waals surface area contributed by atoms with E-state index >= 15 is 0 Å². The summed E-state index contributed by atoms with van der Waals surface area (Å²) in [4.78, 5) is 0. The van der Waals surface area contributed by atoms with Crippen LogP contribution in [0.15, 0.2) is 36.4 Å². The molecule has 0 N–H and O–H groups in total. The van der Waals surface area contributed by atoms with Gasteiger partial charge in [-0.25, -0.2) is 0 Å². The third-order valence-electron chi connectivity index (χ3n) is 3.52. The molecule has 0 saturated carbocycles. The minimum atomic E-state index is -3.43. The Morgan fingerprint density at radius 2 is 1.74 bits per heavy atom. The molecule has 0 aliphatic heterocycles. The van der Waals surface area contributed by atoms with Gasteiger partial charge in [-0.15, -0.1) is 0 Å². The molecule has 0 aliphatic carbocycles. The normalized spacial score (nSPS) is 13.2. The van der Waals surface area contributed by atoms with Crippen molar-refractivity contribution >= 4 is 18.4 Å². The number of fused-ring (bicyclic) bond motifs is 1. The van der Waals surface area contributed by atoms with Gasteiger partial charge in [-0.2, -0.15) is 0 Å². The van der Waals surface area contributed by atoms with E-state index < -0.39 is 13.4 Å². The number of ether oxygens (including phenoxy) is 2. The van der Waals surface area contributed by atoms with Crippen LogP contribution in [0, 0.1) is 0 Å². The fourth-order valence-electron chi connectivity index (χ4n) is 2.59. The first-order valence-corrected chi connectivity index (χ1v) is 9.19. The Bertz CT molecular complexity index is 690. The predicted molar refractivity (Wildman–Crippen MR) is 91.1 cm³/mol. The van der Waals surface area contributed by atoms with Crippen molar-refractivity contribution in [2.24, 2.45) is 0 Å². The summed E-state index contributed by atoms with van der Waals surface area (Å²) in [7, 11) is -0.290. The second-order valence-electron chi connectivity index (χ2n) is 4.90. The Hall–Kier alpha value is -1.39. The van der Waals surface area contributed by atoms with Gasteiger partial charge in [0.25, 0.3) is 0 Å². The number of hydrogen-bond acceptors (Lipinski definition) is 5. The van der Waals surface area contributed by atoms with Crippen molar-refractivity contribution in [2.75, 3.05) is 27.4 Å². The second-order valence-corrected chi connectivity index (χ2v) is 6.96. The number of rotatable bonds is 8. The van der Waals surface area contributed by atoms with Crippen LogP contribution in [0.2, 0.25) is 0 Å². The highest BCUT2D eigenvalue weighted by molar-refractivity contribution is 7.54. The van der Waals surface area contributed by atoms with Crippen molar-refractivity contribution in [1.82, 2.24) is 0 Å². The van der Waals surface area contributed by atoms with Gasteiger partial charge in [-0.1, -0.05) is 24.3 Å². The van der Waals surface area contributed by atoms with E-state index in [9.17, 15) is 4.57 Å². The van der Waals surface area contributed by atoms with Crippen LogP contribution in [0.3, 0.4) is 0 Å². The van der Waals surface area contributed by atoms with E-state index in [1.165, 1.54) is 7.11 Å². The quantitative estimate of drug-likeness (QED) is 0.650. The summed E-state index contributed by atoms with van der Waals surface area (Å²) < 4.78 is 34.8. The molecule has 1 atom stereocenters. The summed E-state index contributed by atoms with van der Waals surface area (Å²) >= 11 is 0. The Morgan fingerprint density at radius 3 is 2.30 bits per heavy atom. The lowest BCUT2D eigenvalue weighted by atomic mass is 10.0. The van der Waals surface area contributed by atoms with Crippen LogP contribution in [0.5, 0.6) is 5.75 Å². The van der Waals surface area contributed by atoms with E-state index in [1.54, 1.807) is 21.0 Å². The van der Waals surface area contributed by atoms with E-state index in [-0.39, 0.29) is 13.2 Å². The molecular weight excluding hydrogens is 315 g/mol. The zero-order valence-corrected chi connectivity index (χ0v) is 14.8. The smallest absolute Gasteiger partial charge is 0.363 e. The number of methoxy groups -OCH3 is 2. The second kappa shape index (κ2) is 7.93. The Balaban J connectivity index is 2.56. The molecule has 126 valence electrons. The number of hydrogen-bond donors (Lipinski definition) is 0. The van der Waals surface area contributed by atoms with Crippen molar-refractivity contribution in [3.8, 4) is 5.75 Å². The molecule has 0 saturated heterocycles. The largest absolute Gasteiger partial charge is 0.497 e. The molecule has 2 aromatic carbocycles. The predicted octanol–water partition coefficient (Wildman–Crippen LogP) is 4.76. The van der Waals surface area contributed by atoms with Crippen LogP contribution < -0.4 is 4.74 Å². The first-order valence-electron chi connectivity index (χ1n) is 7.57. The lowest BCUT2D eigenvalue weighted by molar-refractivity contribution is 0.110. The van der Waals surface area contributed by atoms with Crippen LogP contribution in [0.1, 0.15) is 25.3 Å². The number of benzene rings is 2. The molecule has 0 aromatic heterocycles. The van der Waals surface area contributed by atoms with Gasteiger partial charge in [0.05, 0.1) is 20.3 Å². The van der Waals surface area contributed by atoms with E-state index in [0.29, 0.717) is 0 Å². The van der Waals surface area contributed by atoms with Crippen LogP contribution in [0.4, 0.5) is 0 Å². The molecule has 0 aliphatic rings. The summed E-state index contributed by atoms with van der Waals surface area (Å²) in [5.41, 5.74) is 0.776. The Kier molecular flexibility index (Phi) is 6.19. The summed E-state index contributed by atoms with van der Waals surface area (Å²) in [5, 5.41) is 1.91.